The Balaban J connectivity index is 0.996. The first kappa shape index (κ1) is 46.4. The highest BCUT2D eigenvalue weighted by Gasteiger charge is 2.29. The second-order valence-electron chi connectivity index (χ2n) is 21.2. The summed E-state index contributed by atoms with van der Waals surface area (Å²) in [6, 6.07) is 107. The highest BCUT2D eigenvalue weighted by molar-refractivity contribution is 6.13. The Morgan fingerprint density at radius 3 is 0.519 bits per heavy atom. The summed E-state index contributed by atoms with van der Waals surface area (Å²) in [5, 5.41) is 11.5. The predicted molar refractivity (Wildman–Crippen MR) is 342 cm³/mol. The zero-order valence-corrected chi connectivity index (χ0v) is 44.2. The summed E-state index contributed by atoms with van der Waals surface area (Å²) in [4.78, 5) is 0. The summed E-state index contributed by atoms with van der Waals surface area (Å²) in [6.45, 7) is 0. The summed E-state index contributed by atoms with van der Waals surface area (Å²) in [5.41, 5.74) is 34.7. The standard InChI is InChI=1S/C78H51N3/c1-3-25-51(60-37-20-40-63-54-28-7-13-43-69(54)79-72-46-16-10-32-66(72)76(60)63)49(23-1)58-35-19-36-59(50-24-2-4-26-52(50)61-38-21-41-64-55-29-8-14-44-70(55)80-73-47-17-11-33-67(73)77(61)64)75(58)57-31-6-5-27-53(57)62-39-22-42-65-56-30-9-15-45-71(56)81-74-48-18-12-34-68(74)78(62)65/h1-48,79-81H. The van der Waals surface area contributed by atoms with Crippen LogP contribution in [0, 0.1) is 0 Å². The van der Waals surface area contributed by atoms with Crippen molar-refractivity contribution in [1.29, 1.82) is 0 Å². The highest BCUT2D eigenvalue weighted by atomic mass is 14.9. The Labute approximate surface area is 472 Å². The van der Waals surface area contributed by atoms with Crippen molar-refractivity contribution in [3.63, 3.8) is 0 Å². The van der Waals surface area contributed by atoms with Gasteiger partial charge in [0.25, 0.3) is 0 Å². The zero-order chi connectivity index (χ0) is 53.4. The maximum atomic E-state index is 3.85. The molecule has 0 saturated heterocycles. The molecule has 13 aromatic rings. The Morgan fingerprint density at radius 1 is 0.111 bits per heavy atom. The first-order valence-corrected chi connectivity index (χ1v) is 27.9. The van der Waals surface area contributed by atoms with Crippen LogP contribution in [0.2, 0.25) is 0 Å². The van der Waals surface area contributed by atoms with Crippen LogP contribution in [0.15, 0.2) is 291 Å². The molecule has 3 aliphatic heterocycles. The van der Waals surface area contributed by atoms with Gasteiger partial charge < -0.3 is 16.0 Å². The molecule has 0 aliphatic carbocycles. The maximum Gasteiger partial charge on any atom is 0.0464 e. The first-order valence-electron chi connectivity index (χ1n) is 27.9. The minimum Gasteiger partial charge on any atom is -0.355 e. The van der Waals surface area contributed by atoms with Crippen molar-refractivity contribution in [3.05, 3.63) is 291 Å². The van der Waals surface area contributed by atoms with Crippen molar-refractivity contribution in [2.45, 2.75) is 0 Å². The summed E-state index contributed by atoms with van der Waals surface area (Å²) >= 11 is 0. The first-order chi connectivity index (χ1) is 40.2. The predicted octanol–water partition coefficient (Wildman–Crippen LogP) is 21.9. The third kappa shape index (κ3) is 7.51. The van der Waals surface area contributed by atoms with Crippen LogP contribution >= 0.6 is 0 Å². The van der Waals surface area contributed by atoms with E-state index in [9.17, 15) is 0 Å². The smallest absolute Gasteiger partial charge is 0.0464 e. The fraction of sp³-hybridized carbons (Fsp3) is 0. The van der Waals surface area contributed by atoms with E-state index in [1.807, 2.05) is 0 Å². The second-order valence-corrected chi connectivity index (χ2v) is 21.2. The molecule has 3 heteroatoms. The molecular weight excluding hydrogens is 979 g/mol. The molecule has 0 bridgehead atoms. The fourth-order valence-corrected chi connectivity index (χ4v) is 13.4. The monoisotopic (exact) mass is 1030 g/mol. The van der Waals surface area contributed by atoms with E-state index in [0.29, 0.717) is 0 Å². The van der Waals surface area contributed by atoms with Crippen molar-refractivity contribution in [2.75, 3.05) is 16.0 Å². The minimum absolute atomic E-state index is 1.08. The van der Waals surface area contributed by atoms with Gasteiger partial charge in [0.2, 0.25) is 0 Å². The van der Waals surface area contributed by atoms with E-state index in [4.69, 9.17) is 0 Å². The second kappa shape index (κ2) is 19.0. The van der Waals surface area contributed by atoms with Gasteiger partial charge in [0.05, 0.1) is 0 Å². The normalized spacial score (nSPS) is 12.0. The molecule has 3 heterocycles. The van der Waals surface area contributed by atoms with Crippen LogP contribution in [0.1, 0.15) is 0 Å². The van der Waals surface area contributed by atoms with E-state index in [1.165, 1.54) is 83.5 Å². The fourth-order valence-electron chi connectivity index (χ4n) is 13.4. The lowest BCUT2D eigenvalue weighted by Gasteiger charge is -2.24. The zero-order valence-electron chi connectivity index (χ0n) is 44.2. The van der Waals surface area contributed by atoms with E-state index in [0.717, 1.165) is 84.2 Å². The summed E-state index contributed by atoms with van der Waals surface area (Å²) < 4.78 is 0. The molecule has 3 aliphatic rings. The van der Waals surface area contributed by atoms with Crippen LogP contribution in [-0.4, -0.2) is 0 Å². The Kier molecular flexibility index (Phi) is 10.9. The molecule has 81 heavy (non-hydrogen) atoms. The number of rotatable bonds is 6. The van der Waals surface area contributed by atoms with E-state index in [-0.39, 0.29) is 0 Å². The molecule has 0 saturated carbocycles. The summed E-state index contributed by atoms with van der Waals surface area (Å²) in [5.74, 6) is 0. The van der Waals surface area contributed by atoms with Crippen LogP contribution in [-0.2, 0) is 0 Å². The molecule has 3 nitrogen and oxygen atoms in total. The molecule has 378 valence electrons. The molecule has 0 fully saturated rings. The van der Waals surface area contributed by atoms with Crippen molar-refractivity contribution >= 4 is 34.1 Å². The molecule has 0 amide bonds. The van der Waals surface area contributed by atoms with Crippen molar-refractivity contribution < 1.29 is 0 Å². The number of fused-ring (bicyclic) bond motifs is 15. The van der Waals surface area contributed by atoms with Crippen LogP contribution in [0.4, 0.5) is 34.1 Å². The molecule has 0 atom stereocenters. The Hall–Kier alpha value is -10.7. The number of nitrogens with one attached hydrogen (secondary N) is 3. The average Bonchev–Trinajstić information content (AvgIpc) is 4.15. The third-order valence-corrected chi connectivity index (χ3v) is 16.8. The van der Waals surface area contributed by atoms with Gasteiger partial charge in [-0.25, -0.2) is 0 Å². The van der Waals surface area contributed by atoms with Gasteiger partial charge in [-0.15, -0.1) is 0 Å². The molecule has 0 radical (unpaired) electrons. The largest absolute Gasteiger partial charge is 0.355 e. The number of anilines is 6. The van der Waals surface area contributed by atoms with Crippen molar-refractivity contribution in [1.82, 2.24) is 0 Å². The van der Waals surface area contributed by atoms with Crippen LogP contribution in [0.5, 0.6) is 0 Å². The van der Waals surface area contributed by atoms with Crippen LogP contribution < -0.4 is 16.0 Å². The Bertz CT molecular complexity index is 4490. The van der Waals surface area contributed by atoms with Gasteiger partial charge in [-0.1, -0.05) is 255 Å². The molecule has 0 unspecified atom stereocenters. The quantitative estimate of drug-likeness (QED) is 0.155. The lowest BCUT2D eigenvalue weighted by atomic mass is 9.78. The van der Waals surface area contributed by atoms with Crippen LogP contribution in [0.3, 0.4) is 0 Å². The van der Waals surface area contributed by atoms with E-state index in [2.05, 4.69) is 307 Å². The van der Waals surface area contributed by atoms with Gasteiger partial charge in [-0.2, -0.15) is 0 Å². The summed E-state index contributed by atoms with van der Waals surface area (Å²) in [7, 11) is 0. The van der Waals surface area contributed by atoms with E-state index in [1.54, 1.807) is 0 Å². The van der Waals surface area contributed by atoms with Gasteiger partial charge in [0.15, 0.2) is 0 Å². The van der Waals surface area contributed by atoms with Gasteiger partial charge in [-0.3, -0.25) is 0 Å². The SMILES string of the molecule is c1ccc2c(c1)Nc1ccccc1-c1c-2cccc1-c1ccccc1-c1cccc(-c2ccccc2-c2cccc3c2-c2ccccc2Nc2ccccc2-3)c1-c1ccccc1-c1cccc2c1-c1ccccc1Nc1ccccc1-2. The average molecular weight is 1030 g/mol. The third-order valence-electron chi connectivity index (χ3n) is 16.8. The molecule has 3 N–H and O–H groups in total. The molecule has 13 aromatic carbocycles. The molecule has 16 rings (SSSR count). The highest BCUT2D eigenvalue weighted by Crippen LogP contribution is 2.56. The van der Waals surface area contributed by atoms with Gasteiger partial charge in [-0.05, 0) is 137 Å². The number of para-hydroxylation sites is 6. The molecular formula is C78H51N3. The van der Waals surface area contributed by atoms with Gasteiger partial charge in [0, 0.05) is 67.5 Å². The van der Waals surface area contributed by atoms with Gasteiger partial charge in [0.1, 0.15) is 0 Å². The topological polar surface area (TPSA) is 36.1 Å². The Morgan fingerprint density at radius 2 is 0.259 bits per heavy atom. The maximum absolute atomic E-state index is 3.85. The van der Waals surface area contributed by atoms with Crippen molar-refractivity contribution in [3.8, 4) is 134 Å². The van der Waals surface area contributed by atoms with Gasteiger partial charge >= 0.3 is 0 Å². The number of benzene rings is 13. The number of hydrogen-bond acceptors (Lipinski definition) is 3. The molecule has 0 aromatic heterocycles. The lowest BCUT2D eigenvalue weighted by Crippen LogP contribution is -1.98. The van der Waals surface area contributed by atoms with Crippen LogP contribution in [0.25, 0.3) is 134 Å². The summed E-state index contributed by atoms with van der Waals surface area (Å²) in [6.07, 6.45) is 0. The lowest BCUT2D eigenvalue weighted by molar-refractivity contribution is 1.52. The molecule has 0 spiro atoms. The minimum atomic E-state index is 1.08. The van der Waals surface area contributed by atoms with Crippen molar-refractivity contribution in [2.24, 2.45) is 0 Å². The van der Waals surface area contributed by atoms with E-state index < -0.39 is 0 Å². The number of hydrogen-bond donors (Lipinski definition) is 3. The van der Waals surface area contributed by atoms with E-state index >= 15 is 0 Å².